The second kappa shape index (κ2) is 6.22. The zero-order chi connectivity index (χ0) is 15.7. The van der Waals surface area contributed by atoms with Crippen LogP contribution in [0.5, 0.6) is 0 Å². The van der Waals surface area contributed by atoms with Gasteiger partial charge < -0.3 is 15.1 Å². The molecule has 0 spiro atoms. The van der Waals surface area contributed by atoms with E-state index in [1.807, 2.05) is 6.07 Å². The van der Waals surface area contributed by atoms with Crippen molar-refractivity contribution in [1.29, 1.82) is 0 Å². The second-order valence-electron chi connectivity index (χ2n) is 5.55. The molecule has 0 saturated carbocycles. The monoisotopic (exact) mass is 364 g/mol. The van der Waals surface area contributed by atoms with Gasteiger partial charge in [0.1, 0.15) is 11.1 Å². The van der Waals surface area contributed by atoms with Crippen LogP contribution in [0.25, 0.3) is 11.0 Å². The number of carbonyl (C=O) groups excluding carboxylic acids is 1. The molecule has 0 aliphatic carbocycles. The van der Waals surface area contributed by atoms with Crippen molar-refractivity contribution in [3.05, 3.63) is 44.2 Å². The van der Waals surface area contributed by atoms with E-state index in [4.69, 9.17) is 4.42 Å². The largest absolute Gasteiger partial charge is 0.422 e. The SMILES string of the molecule is Cc1c(C(=O)NC2CCCNC2)c(=O)oc2ccc(Br)cc12. The molecule has 1 aliphatic heterocycles. The van der Waals surface area contributed by atoms with Gasteiger partial charge in [0.15, 0.2) is 0 Å². The molecule has 2 aromatic rings. The minimum Gasteiger partial charge on any atom is -0.422 e. The van der Waals surface area contributed by atoms with Crippen molar-refractivity contribution in [3.63, 3.8) is 0 Å². The van der Waals surface area contributed by atoms with Gasteiger partial charge in [0.05, 0.1) is 0 Å². The maximum Gasteiger partial charge on any atom is 0.349 e. The maximum atomic E-state index is 12.5. The first-order valence-corrected chi connectivity index (χ1v) is 8.10. The molecule has 1 fully saturated rings. The van der Waals surface area contributed by atoms with Gasteiger partial charge in [-0.15, -0.1) is 0 Å². The van der Waals surface area contributed by atoms with Gasteiger partial charge >= 0.3 is 5.63 Å². The van der Waals surface area contributed by atoms with Crippen LogP contribution in [-0.4, -0.2) is 25.0 Å². The summed E-state index contributed by atoms with van der Waals surface area (Å²) in [5.41, 5.74) is 0.639. The summed E-state index contributed by atoms with van der Waals surface area (Å²) in [6, 6.07) is 5.43. The van der Waals surface area contributed by atoms with E-state index in [9.17, 15) is 9.59 Å². The fourth-order valence-electron chi connectivity index (χ4n) is 2.82. The van der Waals surface area contributed by atoms with Gasteiger partial charge in [0, 0.05) is 22.4 Å². The van der Waals surface area contributed by atoms with Crippen LogP contribution in [0, 0.1) is 6.92 Å². The Balaban J connectivity index is 1.98. The number of piperidine rings is 1. The minimum atomic E-state index is -0.589. The molecule has 1 amide bonds. The Bertz CT molecular complexity index is 779. The van der Waals surface area contributed by atoms with Crippen LogP contribution in [0.1, 0.15) is 28.8 Å². The van der Waals surface area contributed by atoms with Crippen molar-refractivity contribution in [3.8, 4) is 0 Å². The molecule has 5 nitrogen and oxygen atoms in total. The highest BCUT2D eigenvalue weighted by Crippen LogP contribution is 2.23. The Kier molecular flexibility index (Phi) is 4.31. The van der Waals surface area contributed by atoms with E-state index in [1.165, 1.54) is 0 Å². The van der Waals surface area contributed by atoms with Crippen molar-refractivity contribution in [2.45, 2.75) is 25.8 Å². The van der Waals surface area contributed by atoms with E-state index in [1.54, 1.807) is 19.1 Å². The molecule has 1 atom stereocenters. The summed E-state index contributed by atoms with van der Waals surface area (Å²) < 4.78 is 6.16. The van der Waals surface area contributed by atoms with E-state index in [0.29, 0.717) is 11.1 Å². The van der Waals surface area contributed by atoms with E-state index >= 15 is 0 Å². The number of hydrogen-bond acceptors (Lipinski definition) is 4. The van der Waals surface area contributed by atoms with Crippen LogP contribution in [-0.2, 0) is 0 Å². The third-order valence-electron chi connectivity index (χ3n) is 3.99. The number of carbonyl (C=O) groups is 1. The Morgan fingerprint density at radius 3 is 3.00 bits per heavy atom. The molecule has 1 aromatic heterocycles. The van der Waals surface area contributed by atoms with Crippen molar-refractivity contribution in [1.82, 2.24) is 10.6 Å². The first-order chi connectivity index (χ1) is 10.6. The fourth-order valence-corrected chi connectivity index (χ4v) is 3.18. The van der Waals surface area contributed by atoms with Gasteiger partial charge in [-0.1, -0.05) is 15.9 Å². The molecule has 6 heteroatoms. The Morgan fingerprint density at radius 1 is 1.45 bits per heavy atom. The summed E-state index contributed by atoms with van der Waals surface area (Å²) in [5, 5.41) is 6.92. The summed E-state index contributed by atoms with van der Waals surface area (Å²) in [6.45, 7) is 3.48. The number of nitrogens with one attached hydrogen (secondary N) is 2. The molecule has 3 rings (SSSR count). The summed E-state index contributed by atoms with van der Waals surface area (Å²) in [5.74, 6) is -0.359. The molecular formula is C16H17BrN2O3. The van der Waals surface area contributed by atoms with E-state index in [2.05, 4.69) is 26.6 Å². The van der Waals surface area contributed by atoms with Crippen LogP contribution >= 0.6 is 15.9 Å². The number of aryl methyl sites for hydroxylation is 1. The summed E-state index contributed by atoms with van der Waals surface area (Å²) in [4.78, 5) is 24.6. The van der Waals surface area contributed by atoms with Gasteiger partial charge in [0.2, 0.25) is 0 Å². The first-order valence-electron chi connectivity index (χ1n) is 7.31. The van der Waals surface area contributed by atoms with Crippen molar-refractivity contribution < 1.29 is 9.21 Å². The third-order valence-corrected chi connectivity index (χ3v) is 4.48. The van der Waals surface area contributed by atoms with Gasteiger partial charge in [-0.25, -0.2) is 4.79 Å². The maximum absolute atomic E-state index is 12.5. The zero-order valence-corrected chi connectivity index (χ0v) is 13.8. The Labute approximate surface area is 136 Å². The highest BCUT2D eigenvalue weighted by molar-refractivity contribution is 9.10. The lowest BCUT2D eigenvalue weighted by molar-refractivity contribution is 0.0926. The molecule has 0 bridgehead atoms. The molecule has 1 unspecified atom stereocenters. The van der Waals surface area contributed by atoms with Crippen LogP contribution in [0.3, 0.4) is 0 Å². The van der Waals surface area contributed by atoms with Gasteiger partial charge in [-0.2, -0.15) is 0 Å². The third kappa shape index (κ3) is 2.94. The highest BCUT2D eigenvalue weighted by Gasteiger charge is 2.22. The molecule has 0 radical (unpaired) electrons. The molecule has 2 heterocycles. The molecule has 1 aliphatic rings. The lowest BCUT2D eigenvalue weighted by Crippen LogP contribution is -2.46. The average molecular weight is 365 g/mol. The molecule has 2 N–H and O–H groups in total. The van der Waals surface area contributed by atoms with Crippen molar-refractivity contribution >= 4 is 32.8 Å². The summed E-state index contributed by atoms with van der Waals surface area (Å²) in [7, 11) is 0. The fraction of sp³-hybridized carbons (Fsp3) is 0.375. The topological polar surface area (TPSA) is 71.3 Å². The van der Waals surface area contributed by atoms with Gasteiger partial charge in [0.25, 0.3) is 5.91 Å². The van der Waals surface area contributed by atoms with E-state index in [0.717, 1.165) is 35.8 Å². The van der Waals surface area contributed by atoms with Gasteiger partial charge in [-0.3, -0.25) is 4.79 Å². The summed E-state index contributed by atoms with van der Waals surface area (Å²) in [6.07, 6.45) is 1.94. The Morgan fingerprint density at radius 2 is 2.27 bits per heavy atom. The van der Waals surface area contributed by atoms with Crippen LogP contribution in [0.2, 0.25) is 0 Å². The van der Waals surface area contributed by atoms with Crippen LogP contribution in [0.4, 0.5) is 0 Å². The number of hydrogen-bond donors (Lipinski definition) is 2. The normalized spacial score (nSPS) is 18.4. The highest BCUT2D eigenvalue weighted by atomic mass is 79.9. The molecule has 22 heavy (non-hydrogen) atoms. The Hall–Kier alpha value is -1.66. The second-order valence-corrected chi connectivity index (χ2v) is 6.46. The first kappa shape index (κ1) is 15.2. The lowest BCUT2D eigenvalue weighted by Gasteiger charge is -2.23. The molecule has 1 saturated heterocycles. The van der Waals surface area contributed by atoms with E-state index in [-0.39, 0.29) is 17.5 Å². The smallest absolute Gasteiger partial charge is 0.349 e. The number of fused-ring (bicyclic) bond motifs is 1. The van der Waals surface area contributed by atoms with Crippen molar-refractivity contribution in [2.75, 3.05) is 13.1 Å². The summed E-state index contributed by atoms with van der Waals surface area (Å²) >= 11 is 3.40. The average Bonchev–Trinajstić information content (AvgIpc) is 2.49. The number of amides is 1. The zero-order valence-electron chi connectivity index (χ0n) is 12.2. The van der Waals surface area contributed by atoms with Crippen LogP contribution < -0.4 is 16.3 Å². The lowest BCUT2D eigenvalue weighted by atomic mass is 10.0. The van der Waals surface area contributed by atoms with E-state index < -0.39 is 5.63 Å². The quantitative estimate of drug-likeness (QED) is 0.802. The number of halogens is 1. The predicted octanol–water partition coefficient (Wildman–Crippen LogP) is 2.35. The molecule has 1 aromatic carbocycles. The van der Waals surface area contributed by atoms with Gasteiger partial charge in [-0.05, 0) is 50.1 Å². The van der Waals surface area contributed by atoms with Crippen molar-refractivity contribution in [2.24, 2.45) is 0 Å². The standard InChI is InChI=1S/C16H17BrN2O3/c1-9-12-7-10(17)4-5-13(12)22-16(21)14(9)15(20)19-11-3-2-6-18-8-11/h4-5,7,11,18H,2-3,6,8H2,1H3,(H,19,20). The number of rotatable bonds is 2. The minimum absolute atomic E-state index is 0.0539. The molecule has 116 valence electrons. The predicted molar refractivity (Wildman–Crippen MR) is 88.3 cm³/mol. The number of benzene rings is 1. The molecular weight excluding hydrogens is 348 g/mol. The van der Waals surface area contributed by atoms with Crippen LogP contribution in [0.15, 0.2) is 31.9 Å².